The van der Waals surface area contributed by atoms with Gasteiger partial charge < -0.3 is 0 Å². The molecule has 0 radical (unpaired) electrons. The van der Waals surface area contributed by atoms with Crippen LogP contribution in [0.5, 0.6) is 0 Å². The van der Waals surface area contributed by atoms with Crippen molar-refractivity contribution in [1.29, 1.82) is 0 Å². The molecule has 0 fully saturated rings. The zero-order chi connectivity index (χ0) is 13.3. The number of rotatable bonds is 2. The van der Waals surface area contributed by atoms with E-state index >= 15 is 0 Å². The van der Waals surface area contributed by atoms with Crippen LogP contribution in [0.15, 0.2) is 36.4 Å². The van der Waals surface area contributed by atoms with E-state index < -0.39 is 0 Å². The largest absolute Gasteiger partial charge is 0.207 e. The van der Waals surface area contributed by atoms with Gasteiger partial charge in [-0.15, -0.1) is 0 Å². The number of alkyl halides is 1. The van der Waals surface area contributed by atoms with Gasteiger partial charge in [-0.3, -0.25) is 0 Å². The van der Waals surface area contributed by atoms with Crippen molar-refractivity contribution >= 4 is 39.1 Å². The highest BCUT2D eigenvalue weighted by Crippen LogP contribution is 2.37. The molecule has 0 aliphatic rings. The molecule has 2 aromatic rings. The Morgan fingerprint density at radius 2 is 1.83 bits per heavy atom. The standard InChI is InChI=1S/C14H10BrCl2F/c1-8-6-9(2-5-13(8)18)14(15)11-7-10(16)3-4-12(11)17/h2-7,14H,1H3. The first-order valence-electron chi connectivity index (χ1n) is 5.34. The second-order valence-corrected chi connectivity index (χ2v) is 5.80. The summed E-state index contributed by atoms with van der Waals surface area (Å²) in [5.41, 5.74) is 2.42. The molecule has 0 heterocycles. The van der Waals surface area contributed by atoms with Crippen molar-refractivity contribution < 1.29 is 4.39 Å². The van der Waals surface area contributed by atoms with E-state index in [-0.39, 0.29) is 10.6 Å². The molecule has 1 unspecified atom stereocenters. The lowest BCUT2D eigenvalue weighted by atomic mass is 10.0. The molecule has 18 heavy (non-hydrogen) atoms. The normalized spacial score (nSPS) is 12.5. The Balaban J connectivity index is 2.44. The summed E-state index contributed by atoms with van der Waals surface area (Å²) < 4.78 is 13.2. The highest BCUT2D eigenvalue weighted by Gasteiger charge is 2.15. The molecule has 2 rings (SSSR count). The predicted molar refractivity (Wildman–Crippen MR) is 78.4 cm³/mol. The Morgan fingerprint density at radius 3 is 2.50 bits per heavy atom. The van der Waals surface area contributed by atoms with E-state index in [1.807, 2.05) is 6.07 Å². The second-order valence-electron chi connectivity index (χ2n) is 4.04. The monoisotopic (exact) mass is 346 g/mol. The van der Waals surface area contributed by atoms with Crippen LogP contribution < -0.4 is 0 Å². The third-order valence-electron chi connectivity index (χ3n) is 2.71. The summed E-state index contributed by atoms with van der Waals surface area (Å²) in [4.78, 5) is -0.108. The fraction of sp³-hybridized carbons (Fsp3) is 0.143. The molecular weight excluding hydrogens is 338 g/mol. The van der Waals surface area contributed by atoms with Crippen molar-refractivity contribution in [2.24, 2.45) is 0 Å². The first kappa shape index (κ1) is 13.9. The lowest BCUT2D eigenvalue weighted by Gasteiger charge is -2.14. The number of aryl methyl sites for hydroxylation is 1. The summed E-state index contributed by atoms with van der Waals surface area (Å²) in [5, 5.41) is 1.25. The van der Waals surface area contributed by atoms with Crippen molar-refractivity contribution in [2.75, 3.05) is 0 Å². The maximum absolute atomic E-state index is 13.2. The molecule has 0 aliphatic heterocycles. The molecule has 0 saturated heterocycles. The van der Waals surface area contributed by atoms with E-state index in [0.29, 0.717) is 15.6 Å². The Hall–Kier alpha value is -0.570. The van der Waals surface area contributed by atoms with Crippen LogP contribution in [-0.4, -0.2) is 0 Å². The highest BCUT2D eigenvalue weighted by molar-refractivity contribution is 9.09. The van der Waals surface area contributed by atoms with Gasteiger partial charge in [-0.2, -0.15) is 0 Å². The van der Waals surface area contributed by atoms with E-state index in [9.17, 15) is 4.39 Å². The summed E-state index contributed by atoms with van der Waals surface area (Å²) in [6.07, 6.45) is 0. The fourth-order valence-corrected chi connectivity index (χ4v) is 2.92. The first-order chi connectivity index (χ1) is 8.49. The van der Waals surface area contributed by atoms with Gasteiger partial charge in [0.05, 0.1) is 4.83 Å². The van der Waals surface area contributed by atoms with Crippen molar-refractivity contribution in [3.05, 3.63) is 69.0 Å². The van der Waals surface area contributed by atoms with Crippen LogP contribution >= 0.6 is 39.1 Å². The predicted octanol–water partition coefficient (Wildman–Crippen LogP) is 5.93. The van der Waals surface area contributed by atoms with Crippen LogP contribution in [0.4, 0.5) is 4.39 Å². The summed E-state index contributed by atoms with van der Waals surface area (Å²) >= 11 is 15.7. The van der Waals surface area contributed by atoms with E-state index in [1.54, 1.807) is 31.2 Å². The Labute approximate surface area is 124 Å². The topological polar surface area (TPSA) is 0 Å². The Bertz CT molecular complexity index is 584. The van der Waals surface area contributed by atoms with Gasteiger partial charge in [0.15, 0.2) is 0 Å². The average molecular weight is 348 g/mol. The molecule has 1 atom stereocenters. The number of benzene rings is 2. The number of halogens is 4. The smallest absolute Gasteiger partial charge is 0.126 e. The van der Waals surface area contributed by atoms with Crippen molar-refractivity contribution in [2.45, 2.75) is 11.8 Å². The molecule has 2 aromatic carbocycles. The Kier molecular flexibility index (Phi) is 4.31. The minimum absolute atomic E-state index is 0.108. The van der Waals surface area contributed by atoms with Gasteiger partial charge in [0.25, 0.3) is 0 Å². The SMILES string of the molecule is Cc1cc(C(Br)c2cc(Cl)ccc2Cl)ccc1F. The zero-order valence-electron chi connectivity index (χ0n) is 9.55. The van der Waals surface area contributed by atoms with Gasteiger partial charge in [0, 0.05) is 10.0 Å². The molecule has 0 nitrogen and oxygen atoms in total. The van der Waals surface area contributed by atoms with Gasteiger partial charge in [0.2, 0.25) is 0 Å². The van der Waals surface area contributed by atoms with Gasteiger partial charge in [0.1, 0.15) is 5.82 Å². The van der Waals surface area contributed by atoms with Crippen LogP contribution in [0.25, 0.3) is 0 Å². The third kappa shape index (κ3) is 2.87. The lowest BCUT2D eigenvalue weighted by molar-refractivity contribution is 0.618. The molecule has 4 heteroatoms. The van der Waals surface area contributed by atoms with Crippen molar-refractivity contribution in [3.8, 4) is 0 Å². The van der Waals surface area contributed by atoms with Crippen molar-refractivity contribution in [3.63, 3.8) is 0 Å². The summed E-state index contributed by atoms with van der Waals surface area (Å²) in [7, 11) is 0. The van der Waals surface area contributed by atoms with Gasteiger partial charge in [-0.05, 0) is 47.9 Å². The minimum Gasteiger partial charge on any atom is -0.207 e. The van der Waals surface area contributed by atoms with Crippen LogP contribution in [0.2, 0.25) is 10.0 Å². The summed E-state index contributed by atoms with van der Waals surface area (Å²) in [6.45, 7) is 1.73. The van der Waals surface area contributed by atoms with E-state index in [2.05, 4.69) is 15.9 Å². The number of hydrogen-bond donors (Lipinski definition) is 0. The maximum atomic E-state index is 13.2. The van der Waals surface area contributed by atoms with Gasteiger partial charge >= 0.3 is 0 Å². The molecule has 0 aliphatic carbocycles. The first-order valence-corrected chi connectivity index (χ1v) is 7.01. The lowest BCUT2D eigenvalue weighted by Crippen LogP contribution is -1.96. The molecule has 0 amide bonds. The average Bonchev–Trinajstić information content (AvgIpc) is 2.35. The van der Waals surface area contributed by atoms with Crippen LogP contribution in [-0.2, 0) is 0 Å². The van der Waals surface area contributed by atoms with Gasteiger partial charge in [-0.25, -0.2) is 4.39 Å². The maximum Gasteiger partial charge on any atom is 0.126 e. The molecule has 0 saturated carbocycles. The van der Waals surface area contributed by atoms with E-state index in [4.69, 9.17) is 23.2 Å². The third-order valence-corrected chi connectivity index (χ3v) is 4.31. The van der Waals surface area contributed by atoms with E-state index in [0.717, 1.165) is 11.1 Å². The molecule has 0 bridgehead atoms. The molecular formula is C14H10BrCl2F. The molecule has 0 N–H and O–H groups in total. The van der Waals surface area contributed by atoms with E-state index in [1.165, 1.54) is 6.07 Å². The van der Waals surface area contributed by atoms with Crippen LogP contribution in [0.3, 0.4) is 0 Å². The quantitative estimate of drug-likeness (QED) is 0.591. The second kappa shape index (κ2) is 5.60. The molecule has 0 aromatic heterocycles. The molecule has 94 valence electrons. The Morgan fingerprint density at radius 1 is 1.11 bits per heavy atom. The minimum atomic E-state index is -0.212. The zero-order valence-corrected chi connectivity index (χ0v) is 12.7. The number of hydrogen-bond acceptors (Lipinski definition) is 0. The van der Waals surface area contributed by atoms with Gasteiger partial charge in [-0.1, -0.05) is 51.3 Å². The molecule has 0 spiro atoms. The highest BCUT2D eigenvalue weighted by atomic mass is 79.9. The van der Waals surface area contributed by atoms with Crippen LogP contribution in [0, 0.1) is 12.7 Å². The summed E-state index contributed by atoms with van der Waals surface area (Å²) in [5.74, 6) is -0.212. The van der Waals surface area contributed by atoms with Crippen molar-refractivity contribution in [1.82, 2.24) is 0 Å². The fourth-order valence-electron chi connectivity index (χ4n) is 1.71. The van der Waals surface area contributed by atoms with Crippen LogP contribution in [0.1, 0.15) is 21.5 Å². The summed E-state index contributed by atoms with van der Waals surface area (Å²) in [6, 6.07) is 10.3.